The highest BCUT2D eigenvalue weighted by Crippen LogP contribution is 2.60. The number of likely N-dealkylation sites (tertiary alicyclic amines) is 2. The van der Waals surface area contributed by atoms with Crippen molar-refractivity contribution in [3.63, 3.8) is 0 Å². The number of aromatic nitrogens is 6. The van der Waals surface area contributed by atoms with E-state index in [0.717, 1.165) is 17.5 Å². The van der Waals surface area contributed by atoms with Crippen molar-refractivity contribution < 1.29 is 36.1 Å². The molecule has 4 aromatic rings. The lowest BCUT2D eigenvalue weighted by molar-refractivity contribution is -0.204. The Balaban J connectivity index is 0.000000235. The van der Waals surface area contributed by atoms with Crippen molar-refractivity contribution >= 4 is 12.2 Å². The van der Waals surface area contributed by atoms with Crippen molar-refractivity contribution in [1.82, 2.24) is 39.5 Å². The first-order valence-electron chi connectivity index (χ1n) is 17.9. The molecule has 286 valence electrons. The molecule has 8 rings (SSSR count). The lowest BCUT2D eigenvalue weighted by atomic mass is 9.70. The van der Waals surface area contributed by atoms with Crippen LogP contribution in [0.1, 0.15) is 102 Å². The van der Waals surface area contributed by atoms with E-state index in [1.807, 2.05) is 32.2 Å². The summed E-state index contributed by atoms with van der Waals surface area (Å²) in [6.45, 7) is 4.16. The Morgan fingerprint density at radius 2 is 1.80 bits per heavy atom. The molecule has 2 aliphatic heterocycles. The van der Waals surface area contributed by atoms with Gasteiger partial charge in [-0.1, -0.05) is 17.3 Å². The molecule has 2 aliphatic carbocycles. The molecule has 5 heterocycles. The lowest BCUT2D eigenvalue weighted by Crippen LogP contribution is -2.64. The van der Waals surface area contributed by atoms with Gasteiger partial charge in [0.25, 0.3) is 5.89 Å². The number of halogens is 5. The molecule has 0 radical (unpaired) electrons. The maximum Gasteiger partial charge on any atom is 0.403 e. The highest BCUT2D eigenvalue weighted by molar-refractivity contribution is 5.87. The fraction of sp³-hybridized carbons (Fsp3) is 0.541. The summed E-state index contributed by atoms with van der Waals surface area (Å²) in [5.74, 6) is -2.79. The van der Waals surface area contributed by atoms with E-state index in [0.29, 0.717) is 55.3 Å². The number of rotatable bonds is 8. The molecule has 2 saturated heterocycles. The third-order valence-electron chi connectivity index (χ3n) is 11.3. The Bertz CT molecular complexity index is 2010. The SMILES string of the molecule is CC(c1nc(C2CN(C)CC23CN(C(=O)C2(C(F)(F)F)CC2)C3)no1)n1ccc(C2CCC(F)(F)CC2)n1.N#Cc1ccc(Cn2cc(C=O)cn2)cc1. The minimum absolute atomic E-state index is 0.00778. The quantitative estimate of drug-likeness (QED) is 0.157. The van der Waals surface area contributed by atoms with E-state index in [1.165, 1.54) is 11.1 Å². The van der Waals surface area contributed by atoms with E-state index in [2.05, 4.69) is 31.3 Å². The number of aldehydes is 1. The molecule has 2 atom stereocenters. The van der Waals surface area contributed by atoms with E-state index >= 15 is 0 Å². The lowest BCUT2D eigenvalue weighted by Gasteiger charge is -2.51. The summed E-state index contributed by atoms with van der Waals surface area (Å²) in [4.78, 5) is 31.2. The number of amides is 1. The van der Waals surface area contributed by atoms with Crippen LogP contribution < -0.4 is 0 Å². The van der Waals surface area contributed by atoms with Gasteiger partial charge in [-0.25, -0.2) is 8.78 Å². The first kappa shape index (κ1) is 37.3. The van der Waals surface area contributed by atoms with Gasteiger partial charge in [-0.2, -0.15) is 33.6 Å². The maximum atomic E-state index is 13.5. The van der Waals surface area contributed by atoms with Gasteiger partial charge in [0.05, 0.1) is 35.6 Å². The number of likely N-dealkylation sites (N-methyl/N-ethyl adjacent to an activating group) is 1. The van der Waals surface area contributed by atoms with E-state index in [-0.39, 0.29) is 56.7 Å². The molecule has 1 amide bonds. The highest BCUT2D eigenvalue weighted by atomic mass is 19.4. The third-order valence-corrected chi connectivity index (χ3v) is 11.3. The maximum absolute atomic E-state index is 13.5. The van der Waals surface area contributed by atoms with Crippen LogP contribution >= 0.6 is 0 Å². The summed E-state index contributed by atoms with van der Waals surface area (Å²) in [6.07, 6.45) is 1.47. The van der Waals surface area contributed by atoms with Gasteiger partial charge in [0.1, 0.15) is 11.5 Å². The molecule has 2 saturated carbocycles. The van der Waals surface area contributed by atoms with E-state index in [9.17, 15) is 31.5 Å². The number of nitrogens with zero attached hydrogens (tertiary/aromatic N) is 9. The van der Waals surface area contributed by atoms with Crippen LogP contribution in [0.15, 0.2) is 53.4 Å². The van der Waals surface area contributed by atoms with Crippen molar-refractivity contribution in [3.8, 4) is 6.07 Å². The topological polar surface area (TPSA) is 139 Å². The van der Waals surface area contributed by atoms with Crippen LogP contribution in [0.2, 0.25) is 0 Å². The van der Waals surface area contributed by atoms with Gasteiger partial charge in [0, 0.05) is 68.7 Å². The van der Waals surface area contributed by atoms with Crippen LogP contribution in [-0.2, 0) is 11.3 Å². The number of alkyl halides is 5. The molecule has 2 unspecified atom stereocenters. The highest BCUT2D eigenvalue weighted by Gasteiger charge is 2.71. The molecule has 0 bridgehead atoms. The van der Waals surface area contributed by atoms with Crippen LogP contribution in [0.5, 0.6) is 0 Å². The normalized spacial score (nSPS) is 22.2. The smallest absolute Gasteiger partial charge is 0.341 e. The number of hydrogen-bond donors (Lipinski definition) is 0. The Morgan fingerprint density at radius 1 is 1.09 bits per heavy atom. The Kier molecular flexibility index (Phi) is 9.69. The van der Waals surface area contributed by atoms with Gasteiger partial charge >= 0.3 is 6.18 Å². The van der Waals surface area contributed by atoms with Crippen molar-refractivity contribution in [3.05, 3.63) is 83.0 Å². The zero-order valence-electron chi connectivity index (χ0n) is 29.8. The molecular formula is C37H40F5N9O3. The molecule has 3 aromatic heterocycles. The minimum atomic E-state index is -4.52. The third kappa shape index (κ3) is 7.27. The van der Waals surface area contributed by atoms with Crippen LogP contribution in [0.4, 0.5) is 22.0 Å². The van der Waals surface area contributed by atoms with Gasteiger partial charge in [-0.3, -0.25) is 19.0 Å². The fourth-order valence-corrected chi connectivity index (χ4v) is 7.99. The van der Waals surface area contributed by atoms with Gasteiger partial charge in [0.15, 0.2) is 12.1 Å². The minimum Gasteiger partial charge on any atom is -0.341 e. The van der Waals surface area contributed by atoms with Gasteiger partial charge < -0.3 is 14.3 Å². The summed E-state index contributed by atoms with van der Waals surface area (Å²) in [6, 6.07) is 10.8. The van der Waals surface area contributed by atoms with E-state index in [1.54, 1.807) is 33.9 Å². The molecule has 4 fully saturated rings. The Hall–Kier alpha value is -4.98. The molecule has 54 heavy (non-hydrogen) atoms. The summed E-state index contributed by atoms with van der Waals surface area (Å²) in [7, 11) is 1.93. The number of carbonyl (C=O) groups excluding carboxylic acids is 2. The number of carbonyl (C=O) groups is 2. The zero-order valence-corrected chi connectivity index (χ0v) is 29.8. The summed E-state index contributed by atoms with van der Waals surface area (Å²) in [5, 5.41) is 21.5. The van der Waals surface area contributed by atoms with E-state index < -0.39 is 28.8 Å². The predicted molar refractivity (Wildman–Crippen MR) is 181 cm³/mol. The molecule has 12 nitrogen and oxygen atoms in total. The first-order valence-corrected chi connectivity index (χ1v) is 17.9. The van der Waals surface area contributed by atoms with Gasteiger partial charge in [-0.05, 0) is 63.4 Å². The molecule has 1 spiro atoms. The predicted octanol–water partition coefficient (Wildman–Crippen LogP) is 5.98. The second-order valence-corrected chi connectivity index (χ2v) is 15.3. The van der Waals surface area contributed by atoms with Crippen molar-refractivity contribution in [2.24, 2.45) is 10.8 Å². The molecular weight excluding hydrogens is 713 g/mol. The summed E-state index contributed by atoms with van der Waals surface area (Å²) in [5.41, 5.74) is 0.393. The first-order chi connectivity index (χ1) is 25.6. The Morgan fingerprint density at radius 3 is 2.41 bits per heavy atom. The van der Waals surface area contributed by atoms with Gasteiger partial charge in [0.2, 0.25) is 11.8 Å². The number of benzene rings is 1. The Labute approximate surface area is 307 Å². The second-order valence-electron chi connectivity index (χ2n) is 15.3. The summed E-state index contributed by atoms with van der Waals surface area (Å²) >= 11 is 0. The largest absolute Gasteiger partial charge is 0.403 e. The van der Waals surface area contributed by atoms with Crippen LogP contribution in [0, 0.1) is 22.2 Å². The number of hydrogen-bond acceptors (Lipinski definition) is 9. The van der Waals surface area contributed by atoms with E-state index in [4.69, 9.17) is 9.78 Å². The molecule has 0 N–H and O–H groups in total. The average Bonchev–Trinajstić information content (AvgIpc) is 3.52. The number of nitriles is 1. The standard InChI is InChI=1S/C25H31F5N6O2.C12H9N3O/c1-15(36-10-5-18(32-36)16-3-6-24(26,27)7-4-16)20-31-19(33-38-20)17-11-34(2)12-22(17)13-35(14-22)21(37)23(8-9-23)25(28,29)30;13-5-10-1-3-11(4-2-10)7-15-8-12(9-16)6-14-15/h5,10,15-17H,3-4,6-9,11-14H2,1-2H3;1-4,6,8-9H,7H2. The van der Waals surface area contributed by atoms with Crippen molar-refractivity contribution in [2.75, 3.05) is 33.2 Å². The fourth-order valence-electron chi connectivity index (χ4n) is 7.99. The monoisotopic (exact) mass is 753 g/mol. The van der Waals surface area contributed by atoms with Crippen LogP contribution in [0.3, 0.4) is 0 Å². The van der Waals surface area contributed by atoms with Crippen LogP contribution in [-0.4, -0.2) is 97.0 Å². The zero-order chi connectivity index (χ0) is 38.5. The second kappa shape index (κ2) is 14.0. The molecule has 1 aromatic carbocycles. The van der Waals surface area contributed by atoms with Gasteiger partial charge in [-0.15, -0.1) is 0 Å². The van der Waals surface area contributed by atoms with Crippen molar-refractivity contribution in [1.29, 1.82) is 5.26 Å². The van der Waals surface area contributed by atoms with Crippen LogP contribution in [0.25, 0.3) is 0 Å². The molecule has 17 heteroatoms. The van der Waals surface area contributed by atoms with Crippen molar-refractivity contribution in [2.45, 2.75) is 82.0 Å². The summed E-state index contributed by atoms with van der Waals surface area (Å²) < 4.78 is 76.4. The molecule has 4 aliphatic rings. The average molecular weight is 754 g/mol.